The lowest BCUT2D eigenvalue weighted by molar-refractivity contribution is -0.126. The fourth-order valence-corrected chi connectivity index (χ4v) is 3.97. The molecule has 0 aromatic heterocycles. The van der Waals surface area contributed by atoms with Gasteiger partial charge in [-0.25, -0.2) is 0 Å². The molecule has 7 nitrogen and oxygen atoms in total. The third-order valence-corrected chi connectivity index (χ3v) is 5.53. The Labute approximate surface area is 178 Å². The molecule has 1 saturated heterocycles. The lowest BCUT2D eigenvalue weighted by Gasteiger charge is -2.30. The minimum atomic E-state index is -0.403. The Morgan fingerprint density at radius 3 is 2.38 bits per heavy atom. The van der Waals surface area contributed by atoms with Gasteiger partial charge in [0.15, 0.2) is 0 Å². The second-order valence-electron chi connectivity index (χ2n) is 7.78. The van der Waals surface area contributed by atoms with E-state index < -0.39 is 5.92 Å². The van der Waals surface area contributed by atoms with Gasteiger partial charge < -0.3 is 19.7 Å². The van der Waals surface area contributed by atoms with Crippen LogP contribution in [0.4, 0.5) is 5.69 Å². The van der Waals surface area contributed by atoms with Crippen molar-refractivity contribution in [3.8, 4) is 11.5 Å². The largest absolute Gasteiger partial charge is 0.495 e. The monoisotopic (exact) mass is 425 g/mol. The Hall–Kier alpha value is -1.99. The van der Waals surface area contributed by atoms with Crippen molar-refractivity contribution in [2.24, 2.45) is 5.92 Å². The van der Waals surface area contributed by atoms with E-state index >= 15 is 0 Å². The number of hydrogen-bond donors (Lipinski definition) is 1. The molecular weight excluding hydrogens is 394 g/mol. The summed E-state index contributed by atoms with van der Waals surface area (Å²) in [4.78, 5) is 29.1. The van der Waals surface area contributed by atoms with Crippen LogP contribution >= 0.6 is 11.6 Å². The molecular formula is C21H32ClN3O4. The zero-order chi connectivity index (χ0) is 21.7. The van der Waals surface area contributed by atoms with Crippen LogP contribution < -0.4 is 19.7 Å². The molecule has 1 unspecified atom stereocenters. The maximum absolute atomic E-state index is 12.6. The molecule has 1 fully saturated rings. The molecule has 0 saturated carbocycles. The zero-order valence-electron chi connectivity index (χ0n) is 18.1. The minimum absolute atomic E-state index is 0.105. The van der Waals surface area contributed by atoms with Crippen LogP contribution in [-0.2, 0) is 9.59 Å². The van der Waals surface area contributed by atoms with Crippen LogP contribution in [-0.4, -0.2) is 62.7 Å². The first-order valence-electron chi connectivity index (χ1n) is 9.94. The van der Waals surface area contributed by atoms with E-state index in [-0.39, 0.29) is 18.2 Å². The van der Waals surface area contributed by atoms with Gasteiger partial charge in [0.25, 0.3) is 0 Å². The van der Waals surface area contributed by atoms with Crippen LogP contribution in [0.1, 0.15) is 34.1 Å². The summed E-state index contributed by atoms with van der Waals surface area (Å²) in [6.45, 7) is 10.2. The number of ether oxygens (including phenoxy) is 2. The van der Waals surface area contributed by atoms with Crippen molar-refractivity contribution in [3.05, 3.63) is 17.2 Å². The zero-order valence-corrected chi connectivity index (χ0v) is 18.9. The molecule has 29 heavy (non-hydrogen) atoms. The third kappa shape index (κ3) is 5.54. The minimum Gasteiger partial charge on any atom is -0.495 e. The highest BCUT2D eigenvalue weighted by atomic mass is 35.5. The predicted molar refractivity (Wildman–Crippen MR) is 115 cm³/mol. The van der Waals surface area contributed by atoms with Gasteiger partial charge in [-0.05, 0) is 33.8 Å². The van der Waals surface area contributed by atoms with Crippen molar-refractivity contribution >= 4 is 29.1 Å². The van der Waals surface area contributed by atoms with Gasteiger partial charge in [0.05, 0.1) is 30.8 Å². The lowest BCUT2D eigenvalue weighted by Crippen LogP contribution is -2.43. The van der Waals surface area contributed by atoms with Crippen molar-refractivity contribution in [3.63, 3.8) is 0 Å². The first-order valence-corrected chi connectivity index (χ1v) is 10.3. The Morgan fingerprint density at radius 1 is 1.21 bits per heavy atom. The Balaban J connectivity index is 2.03. The van der Waals surface area contributed by atoms with Crippen molar-refractivity contribution in [1.29, 1.82) is 0 Å². The standard InChI is InChI=1S/C21H32ClN3O4/c1-13(2)24(14(3)4)8-7-23-21(27)15-9-20(26)25(12-15)17-10-16(22)18(28-5)11-19(17)29-6/h10-11,13-15H,7-9,12H2,1-6H3,(H,23,27). The van der Waals surface area contributed by atoms with Gasteiger partial charge in [0.2, 0.25) is 11.8 Å². The molecule has 1 aromatic rings. The third-order valence-electron chi connectivity index (χ3n) is 5.24. The number of carbonyl (C=O) groups is 2. The van der Waals surface area contributed by atoms with Crippen LogP contribution in [0.25, 0.3) is 0 Å². The second kappa shape index (κ2) is 10.2. The molecule has 0 spiro atoms. The Bertz CT molecular complexity index is 731. The molecule has 8 heteroatoms. The SMILES string of the molecule is COc1cc(OC)c(N2CC(C(=O)NCCN(C(C)C)C(C)C)CC2=O)cc1Cl. The quantitative estimate of drug-likeness (QED) is 0.658. The molecule has 1 heterocycles. The number of halogens is 1. The number of methoxy groups -OCH3 is 2. The van der Waals surface area contributed by atoms with Crippen molar-refractivity contribution < 1.29 is 19.1 Å². The van der Waals surface area contributed by atoms with E-state index in [0.29, 0.717) is 47.4 Å². The average Bonchev–Trinajstić information content (AvgIpc) is 3.05. The number of carbonyl (C=O) groups excluding carboxylic acids is 2. The molecule has 1 N–H and O–H groups in total. The molecule has 1 aliphatic rings. The van der Waals surface area contributed by atoms with Crippen molar-refractivity contribution in [2.45, 2.75) is 46.2 Å². The van der Waals surface area contributed by atoms with Crippen molar-refractivity contribution in [1.82, 2.24) is 10.2 Å². The average molecular weight is 426 g/mol. The van der Waals surface area contributed by atoms with E-state index in [4.69, 9.17) is 21.1 Å². The van der Waals surface area contributed by atoms with Gasteiger partial charge in [-0.3, -0.25) is 14.5 Å². The molecule has 162 valence electrons. The smallest absolute Gasteiger partial charge is 0.227 e. The topological polar surface area (TPSA) is 71.1 Å². The van der Waals surface area contributed by atoms with Crippen LogP contribution in [0.3, 0.4) is 0 Å². The summed E-state index contributed by atoms with van der Waals surface area (Å²) >= 11 is 6.23. The first-order chi connectivity index (χ1) is 13.7. The van der Waals surface area contributed by atoms with Gasteiger partial charge >= 0.3 is 0 Å². The second-order valence-corrected chi connectivity index (χ2v) is 8.19. The van der Waals surface area contributed by atoms with Crippen LogP contribution in [0, 0.1) is 5.92 Å². The molecule has 1 atom stereocenters. The van der Waals surface area contributed by atoms with Crippen LogP contribution in [0.2, 0.25) is 5.02 Å². The summed E-state index contributed by atoms with van der Waals surface area (Å²) in [6.07, 6.45) is 0.163. The summed E-state index contributed by atoms with van der Waals surface area (Å²) < 4.78 is 10.6. The summed E-state index contributed by atoms with van der Waals surface area (Å²) in [7, 11) is 3.04. The van der Waals surface area contributed by atoms with Gasteiger partial charge in [-0.1, -0.05) is 11.6 Å². The number of rotatable bonds is 9. The van der Waals surface area contributed by atoms with E-state index in [9.17, 15) is 9.59 Å². The van der Waals surface area contributed by atoms with Gasteiger partial charge in [-0.2, -0.15) is 0 Å². The maximum Gasteiger partial charge on any atom is 0.227 e. The number of anilines is 1. The van der Waals surface area contributed by atoms with E-state index in [1.165, 1.54) is 14.2 Å². The summed E-state index contributed by atoms with van der Waals surface area (Å²) in [6, 6.07) is 4.09. The number of hydrogen-bond acceptors (Lipinski definition) is 5. The normalized spacial score (nSPS) is 16.8. The Morgan fingerprint density at radius 2 is 1.83 bits per heavy atom. The molecule has 0 radical (unpaired) electrons. The summed E-state index contributed by atoms with van der Waals surface area (Å²) in [5.41, 5.74) is 0.546. The van der Waals surface area contributed by atoms with E-state index in [1.807, 2.05) is 0 Å². The van der Waals surface area contributed by atoms with Crippen LogP contribution in [0.15, 0.2) is 12.1 Å². The predicted octanol–water partition coefficient (Wildman–Crippen LogP) is 2.95. The number of benzene rings is 1. The molecule has 0 aliphatic carbocycles. The van der Waals surface area contributed by atoms with E-state index in [0.717, 1.165) is 6.54 Å². The summed E-state index contributed by atoms with van der Waals surface area (Å²) in [5, 5.41) is 3.36. The van der Waals surface area contributed by atoms with Crippen LogP contribution in [0.5, 0.6) is 11.5 Å². The number of nitrogens with zero attached hydrogens (tertiary/aromatic N) is 2. The molecule has 0 bridgehead atoms. The van der Waals surface area contributed by atoms with E-state index in [2.05, 4.69) is 37.9 Å². The lowest BCUT2D eigenvalue weighted by atomic mass is 10.1. The van der Waals surface area contributed by atoms with Gasteiger partial charge in [0, 0.05) is 44.2 Å². The van der Waals surface area contributed by atoms with E-state index in [1.54, 1.807) is 17.0 Å². The fraction of sp³-hybridized carbons (Fsp3) is 0.619. The number of nitrogens with one attached hydrogen (secondary N) is 1. The summed E-state index contributed by atoms with van der Waals surface area (Å²) in [5.74, 6) is 0.306. The molecule has 2 rings (SSSR count). The highest BCUT2D eigenvalue weighted by molar-refractivity contribution is 6.32. The first kappa shape index (κ1) is 23.3. The Kier molecular flexibility index (Phi) is 8.16. The highest BCUT2D eigenvalue weighted by Crippen LogP contribution is 2.40. The van der Waals surface area contributed by atoms with Crippen molar-refractivity contribution in [2.75, 3.05) is 38.8 Å². The molecule has 1 aliphatic heterocycles. The maximum atomic E-state index is 12.6. The van der Waals surface area contributed by atoms with Gasteiger partial charge in [-0.15, -0.1) is 0 Å². The fourth-order valence-electron chi connectivity index (χ4n) is 3.74. The highest BCUT2D eigenvalue weighted by Gasteiger charge is 2.36. The van der Waals surface area contributed by atoms with Gasteiger partial charge in [0.1, 0.15) is 11.5 Å². The molecule has 2 amide bonds. The molecule has 1 aromatic carbocycles. The number of amides is 2.